The predicted molar refractivity (Wildman–Crippen MR) is 29.8 cm³/mol. The fourth-order valence-corrected chi connectivity index (χ4v) is 0.207. The van der Waals surface area contributed by atoms with Gasteiger partial charge in [0.05, 0.1) is 7.11 Å². The molecule has 0 fully saturated rings. The van der Waals surface area contributed by atoms with Crippen molar-refractivity contribution in [2.45, 2.75) is 0 Å². The highest BCUT2D eigenvalue weighted by Crippen LogP contribution is 1.82. The van der Waals surface area contributed by atoms with Crippen LogP contribution < -0.4 is 0 Å². The Balaban J connectivity index is 4.35. The minimum atomic E-state index is -0.0862. The number of allylic oxidation sites excluding steroid dienone is 1. The van der Waals surface area contributed by atoms with Gasteiger partial charge in [-0.05, 0) is 0 Å². The molecule has 9 heavy (non-hydrogen) atoms. The van der Waals surface area contributed by atoms with Crippen LogP contribution in [0.2, 0.25) is 0 Å². The van der Waals surface area contributed by atoms with Gasteiger partial charge in [0.15, 0.2) is 5.57 Å². The van der Waals surface area contributed by atoms with Crippen molar-refractivity contribution in [3.63, 3.8) is 0 Å². The van der Waals surface area contributed by atoms with Crippen molar-refractivity contribution in [2.24, 2.45) is 0 Å². The molecule has 0 atom stereocenters. The maximum Gasteiger partial charge on any atom is 0.174 e. The zero-order chi connectivity index (χ0) is 7.11. The van der Waals surface area contributed by atoms with Crippen LogP contribution in [0.4, 0.5) is 0 Å². The normalized spacial score (nSPS) is 5.67. The Labute approximate surface area is 53.1 Å². The Kier molecular flexibility index (Phi) is 3.62. The summed E-state index contributed by atoms with van der Waals surface area (Å²) in [5.74, 6) is 0. The van der Waals surface area contributed by atoms with E-state index < -0.39 is 0 Å². The van der Waals surface area contributed by atoms with Crippen molar-refractivity contribution in [1.29, 1.82) is 10.5 Å². The number of rotatable bonds is 1. The third kappa shape index (κ3) is 2.93. The molecule has 0 heterocycles. The summed E-state index contributed by atoms with van der Waals surface area (Å²) in [5.41, 5.74) is 2.23. The quantitative estimate of drug-likeness (QED) is 0.291. The van der Waals surface area contributed by atoms with Crippen molar-refractivity contribution in [2.75, 3.05) is 7.11 Å². The molecule has 3 nitrogen and oxygen atoms in total. The largest absolute Gasteiger partial charge is 0.496 e. The van der Waals surface area contributed by atoms with Crippen molar-refractivity contribution in [1.82, 2.24) is 0 Å². The summed E-state index contributed by atoms with van der Waals surface area (Å²) >= 11 is 0. The van der Waals surface area contributed by atoms with Gasteiger partial charge in [-0.15, -0.1) is 0 Å². The lowest BCUT2D eigenvalue weighted by molar-refractivity contribution is 0.339. The second kappa shape index (κ2) is 4.46. The molecule has 0 aromatic rings. The molecule has 0 rings (SSSR count). The molecule has 0 aromatic heterocycles. The number of hydrogen-bond acceptors (Lipinski definition) is 3. The molecule has 0 aliphatic carbocycles. The topological polar surface area (TPSA) is 56.8 Å². The average Bonchev–Trinajstić information content (AvgIpc) is 1.91. The first-order valence-corrected chi connectivity index (χ1v) is 2.13. The van der Waals surface area contributed by atoms with Gasteiger partial charge in [0.1, 0.15) is 18.4 Å². The van der Waals surface area contributed by atoms with E-state index in [-0.39, 0.29) is 5.57 Å². The maximum atomic E-state index is 8.11. The molecule has 44 valence electrons. The van der Waals surface area contributed by atoms with Gasteiger partial charge in [0, 0.05) is 0 Å². The van der Waals surface area contributed by atoms with Gasteiger partial charge < -0.3 is 4.74 Å². The smallest absolute Gasteiger partial charge is 0.174 e. The molecule has 0 unspecified atom stereocenters. The van der Waals surface area contributed by atoms with Crippen LogP contribution in [-0.2, 0) is 4.74 Å². The minimum Gasteiger partial charge on any atom is -0.496 e. The Hall–Kier alpha value is -1.70. The third-order valence-electron chi connectivity index (χ3n) is 0.545. The van der Waals surface area contributed by atoms with Crippen LogP contribution in [0.15, 0.2) is 17.6 Å². The molecular weight excluding hydrogens is 116 g/mol. The molecule has 0 bridgehead atoms. The number of nitriles is 2. The van der Waals surface area contributed by atoms with Crippen molar-refractivity contribution < 1.29 is 4.74 Å². The fraction of sp³-hybridized carbons (Fsp3) is 0.167. The molecule has 0 radical (unpaired) electrons. The SMILES string of the molecule is COC=C=C(C#N)C#N. The Morgan fingerprint density at radius 3 is 2.33 bits per heavy atom. The monoisotopic (exact) mass is 120 g/mol. The molecule has 0 aromatic carbocycles. The summed E-state index contributed by atoms with van der Waals surface area (Å²) in [5, 5.41) is 16.2. The summed E-state index contributed by atoms with van der Waals surface area (Å²) in [6.07, 6.45) is 1.15. The summed E-state index contributed by atoms with van der Waals surface area (Å²) in [4.78, 5) is 0. The molecule has 3 heteroatoms. The van der Waals surface area contributed by atoms with Crippen LogP contribution in [0.5, 0.6) is 0 Å². The first-order chi connectivity index (χ1) is 4.35. The van der Waals surface area contributed by atoms with Gasteiger partial charge in [-0.25, -0.2) is 0 Å². The van der Waals surface area contributed by atoms with E-state index in [4.69, 9.17) is 10.5 Å². The van der Waals surface area contributed by atoms with E-state index in [1.54, 1.807) is 12.1 Å². The average molecular weight is 120 g/mol. The third-order valence-corrected chi connectivity index (χ3v) is 0.545. The van der Waals surface area contributed by atoms with Crippen LogP contribution in [-0.4, -0.2) is 7.11 Å². The molecule has 0 aliphatic heterocycles. The van der Waals surface area contributed by atoms with E-state index in [1.807, 2.05) is 0 Å². The van der Waals surface area contributed by atoms with Crippen LogP contribution in [0, 0.1) is 22.7 Å². The van der Waals surface area contributed by atoms with Gasteiger partial charge in [-0.2, -0.15) is 10.5 Å². The van der Waals surface area contributed by atoms with Crippen molar-refractivity contribution in [3.8, 4) is 12.1 Å². The number of methoxy groups -OCH3 is 1. The standard InChI is InChI=1S/C6H4N2O/c1-9-3-2-6(4-7)5-8/h3H,1H3. The van der Waals surface area contributed by atoms with Gasteiger partial charge in [0.25, 0.3) is 0 Å². The fourth-order valence-electron chi connectivity index (χ4n) is 0.207. The highest BCUT2D eigenvalue weighted by atomic mass is 16.5. The van der Waals surface area contributed by atoms with Crippen LogP contribution in [0.1, 0.15) is 0 Å². The van der Waals surface area contributed by atoms with E-state index in [0.717, 1.165) is 6.26 Å². The maximum absolute atomic E-state index is 8.11. The lowest BCUT2D eigenvalue weighted by Crippen LogP contribution is -1.66. The van der Waals surface area contributed by atoms with Gasteiger partial charge in [-0.3, -0.25) is 0 Å². The summed E-state index contributed by atoms with van der Waals surface area (Å²) in [6, 6.07) is 3.24. The second-order valence-corrected chi connectivity index (χ2v) is 1.10. The van der Waals surface area contributed by atoms with E-state index in [9.17, 15) is 0 Å². The van der Waals surface area contributed by atoms with Crippen molar-refractivity contribution >= 4 is 0 Å². The zero-order valence-corrected chi connectivity index (χ0v) is 4.88. The zero-order valence-electron chi connectivity index (χ0n) is 4.88. The van der Waals surface area contributed by atoms with Crippen LogP contribution in [0.3, 0.4) is 0 Å². The summed E-state index contributed by atoms with van der Waals surface area (Å²) in [6.45, 7) is 0. The number of ether oxygens (including phenoxy) is 1. The lowest BCUT2D eigenvalue weighted by atomic mass is 10.4. The first kappa shape index (κ1) is 7.30. The predicted octanol–water partition coefficient (Wildman–Crippen LogP) is 0.719. The number of hydrogen-bond donors (Lipinski definition) is 0. The minimum absolute atomic E-state index is 0.0862. The van der Waals surface area contributed by atoms with Crippen molar-refractivity contribution in [3.05, 3.63) is 17.6 Å². The molecule has 0 N–H and O–H groups in total. The highest BCUT2D eigenvalue weighted by molar-refractivity contribution is 5.33. The lowest BCUT2D eigenvalue weighted by Gasteiger charge is -1.76. The van der Waals surface area contributed by atoms with E-state index >= 15 is 0 Å². The highest BCUT2D eigenvalue weighted by Gasteiger charge is 1.83. The van der Waals surface area contributed by atoms with Crippen LogP contribution >= 0.6 is 0 Å². The Morgan fingerprint density at radius 1 is 1.44 bits per heavy atom. The summed E-state index contributed by atoms with van der Waals surface area (Å²) in [7, 11) is 1.42. The van der Waals surface area contributed by atoms with E-state index in [1.165, 1.54) is 7.11 Å². The molecule has 0 aliphatic rings. The van der Waals surface area contributed by atoms with Crippen LogP contribution in [0.25, 0.3) is 0 Å². The molecular formula is C6H4N2O. The molecule has 0 saturated carbocycles. The van der Waals surface area contributed by atoms with Gasteiger partial charge in [-0.1, -0.05) is 5.73 Å². The molecule has 0 spiro atoms. The number of nitrogens with zero attached hydrogens (tertiary/aromatic N) is 2. The van der Waals surface area contributed by atoms with E-state index in [2.05, 4.69) is 10.5 Å². The molecule has 0 saturated heterocycles. The Bertz CT molecular complexity index is 206. The van der Waals surface area contributed by atoms with Gasteiger partial charge in [0.2, 0.25) is 0 Å². The Morgan fingerprint density at radius 2 is 2.00 bits per heavy atom. The second-order valence-electron chi connectivity index (χ2n) is 1.10. The summed E-state index contributed by atoms with van der Waals surface area (Å²) < 4.78 is 4.42. The van der Waals surface area contributed by atoms with E-state index in [0.29, 0.717) is 0 Å². The van der Waals surface area contributed by atoms with Gasteiger partial charge >= 0.3 is 0 Å². The first-order valence-electron chi connectivity index (χ1n) is 2.13. The molecule has 0 amide bonds.